The van der Waals surface area contributed by atoms with Crippen molar-refractivity contribution in [2.24, 2.45) is 0 Å². The van der Waals surface area contributed by atoms with Gasteiger partial charge in [0.1, 0.15) is 0 Å². The van der Waals surface area contributed by atoms with Gasteiger partial charge in [-0.2, -0.15) is 4.98 Å². The van der Waals surface area contributed by atoms with E-state index in [9.17, 15) is 9.90 Å². The number of phenolic OH excluding ortho intramolecular Hbond substituents is 1. The molecule has 1 heterocycles. The Labute approximate surface area is 126 Å². The maximum atomic E-state index is 11.8. The summed E-state index contributed by atoms with van der Waals surface area (Å²) in [6.07, 6.45) is 0. The summed E-state index contributed by atoms with van der Waals surface area (Å²) < 4.78 is 5.09. The quantitative estimate of drug-likeness (QED) is 0.779. The summed E-state index contributed by atoms with van der Waals surface area (Å²) in [5.41, 5.74) is 2.36. The van der Waals surface area contributed by atoms with Gasteiger partial charge in [-0.3, -0.25) is 0 Å². The molecule has 22 heavy (non-hydrogen) atoms. The molecule has 2 N–H and O–H groups in total. The van der Waals surface area contributed by atoms with Gasteiger partial charge >= 0.3 is 5.69 Å². The second-order valence-corrected chi connectivity index (χ2v) is 4.74. The Balaban J connectivity index is 2.12. The predicted octanol–water partition coefficient (Wildman–Crippen LogP) is 2.82. The highest BCUT2D eigenvalue weighted by Crippen LogP contribution is 2.31. The van der Waals surface area contributed by atoms with E-state index in [1.165, 1.54) is 13.2 Å². The third kappa shape index (κ3) is 2.69. The van der Waals surface area contributed by atoms with Crippen molar-refractivity contribution >= 4 is 0 Å². The molecule has 0 bridgehead atoms. The van der Waals surface area contributed by atoms with Crippen molar-refractivity contribution in [3.8, 4) is 34.0 Å². The Hall–Kier alpha value is -3.08. The molecule has 3 rings (SSSR count). The lowest BCUT2D eigenvalue weighted by Crippen LogP contribution is -2.11. The van der Waals surface area contributed by atoms with Crippen LogP contribution in [-0.4, -0.2) is 22.2 Å². The Morgan fingerprint density at radius 3 is 2.55 bits per heavy atom. The molecule has 5 nitrogen and oxygen atoms in total. The molecule has 0 aliphatic carbocycles. The number of aromatic hydroxyl groups is 1. The number of ether oxygens (including phenoxy) is 1. The maximum absolute atomic E-state index is 11.8. The Morgan fingerprint density at radius 2 is 1.82 bits per heavy atom. The average Bonchev–Trinajstić information content (AvgIpc) is 2.55. The smallest absolute Gasteiger partial charge is 0.345 e. The van der Waals surface area contributed by atoms with Crippen LogP contribution < -0.4 is 10.4 Å². The standard InChI is InChI=1S/C17H14N2O3/c1-22-16-9-12(7-8-15(16)20)14-10-13(18-17(21)19-14)11-5-3-2-4-6-11/h2-10,20H,1H3,(H,18,19,21). The number of H-pyrrole nitrogens is 1. The summed E-state index contributed by atoms with van der Waals surface area (Å²) >= 11 is 0. The summed E-state index contributed by atoms with van der Waals surface area (Å²) in [5, 5.41) is 9.66. The number of rotatable bonds is 3. The van der Waals surface area contributed by atoms with E-state index in [0.717, 1.165) is 11.1 Å². The van der Waals surface area contributed by atoms with Crippen LogP contribution in [0, 0.1) is 0 Å². The van der Waals surface area contributed by atoms with Crippen molar-refractivity contribution in [3.05, 3.63) is 65.1 Å². The summed E-state index contributed by atoms with van der Waals surface area (Å²) in [5.74, 6) is 0.391. The Kier molecular flexibility index (Phi) is 3.62. The minimum Gasteiger partial charge on any atom is -0.504 e. The minimum atomic E-state index is -0.427. The lowest BCUT2D eigenvalue weighted by atomic mass is 10.1. The molecular formula is C17H14N2O3. The number of aromatic amines is 1. The van der Waals surface area contributed by atoms with Crippen LogP contribution in [0.3, 0.4) is 0 Å². The fourth-order valence-electron chi connectivity index (χ4n) is 2.22. The van der Waals surface area contributed by atoms with Crippen LogP contribution in [0.5, 0.6) is 11.5 Å². The lowest BCUT2D eigenvalue weighted by molar-refractivity contribution is 0.373. The third-order valence-corrected chi connectivity index (χ3v) is 3.30. The van der Waals surface area contributed by atoms with Crippen molar-refractivity contribution in [3.63, 3.8) is 0 Å². The van der Waals surface area contributed by atoms with Crippen LogP contribution in [0.15, 0.2) is 59.4 Å². The van der Waals surface area contributed by atoms with E-state index in [-0.39, 0.29) is 5.75 Å². The largest absolute Gasteiger partial charge is 0.504 e. The van der Waals surface area contributed by atoms with Crippen LogP contribution in [0.2, 0.25) is 0 Å². The average molecular weight is 294 g/mol. The van der Waals surface area contributed by atoms with E-state index >= 15 is 0 Å². The molecule has 0 aliphatic rings. The highest BCUT2D eigenvalue weighted by Gasteiger charge is 2.08. The van der Waals surface area contributed by atoms with Crippen LogP contribution >= 0.6 is 0 Å². The van der Waals surface area contributed by atoms with Gasteiger partial charge in [0.15, 0.2) is 11.5 Å². The van der Waals surface area contributed by atoms with Gasteiger partial charge < -0.3 is 14.8 Å². The highest BCUT2D eigenvalue weighted by atomic mass is 16.5. The molecule has 0 fully saturated rings. The molecule has 3 aromatic rings. The van der Waals surface area contributed by atoms with Crippen molar-refractivity contribution in [1.29, 1.82) is 0 Å². The Morgan fingerprint density at radius 1 is 1.05 bits per heavy atom. The van der Waals surface area contributed by atoms with Gasteiger partial charge in [0.25, 0.3) is 0 Å². The molecule has 0 saturated carbocycles. The molecule has 0 amide bonds. The molecule has 0 spiro atoms. The topological polar surface area (TPSA) is 75.2 Å². The van der Waals surface area contributed by atoms with Crippen LogP contribution in [0.25, 0.3) is 22.5 Å². The van der Waals surface area contributed by atoms with Gasteiger partial charge in [-0.1, -0.05) is 30.3 Å². The van der Waals surface area contributed by atoms with E-state index in [2.05, 4.69) is 9.97 Å². The van der Waals surface area contributed by atoms with Crippen LogP contribution in [-0.2, 0) is 0 Å². The van der Waals surface area contributed by atoms with Gasteiger partial charge in [-0.05, 0) is 24.3 Å². The van der Waals surface area contributed by atoms with Crippen molar-refractivity contribution in [2.45, 2.75) is 0 Å². The van der Waals surface area contributed by atoms with Gasteiger partial charge in [-0.25, -0.2) is 4.79 Å². The van der Waals surface area contributed by atoms with E-state index in [4.69, 9.17) is 4.74 Å². The monoisotopic (exact) mass is 294 g/mol. The molecule has 2 aromatic carbocycles. The zero-order valence-electron chi connectivity index (χ0n) is 11.9. The number of benzene rings is 2. The zero-order chi connectivity index (χ0) is 15.5. The molecular weight excluding hydrogens is 280 g/mol. The predicted molar refractivity (Wildman–Crippen MR) is 83.9 cm³/mol. The van der Waals surface area contributed by atoms with Crippen molar-refractivity contribution in [1.82, 2.24) is 9.97 Å². The molecule has 0 radical (unpaired) electrons. The molecule has 0 saturated heterocycles. The summed E-state index contributed by atoms with van der Waals surface area (Å²) in [7, 11) is 1.48. The molecule has 1 aromatic heterocycles. The maximum Gasteiger partial charge on any atom is 0.345 e. The molecule has 0 atom stereocenters. The number of nitrogens with one attached hydrogen (secondary N) is 1. The number of methoxy groups -OCH3 is 1. The first kappa shape index (κ1) is 13.9. The third-order valence-electron chi connectivity index (χ3n) is 3.30. The fraction of sp³-hybridized carbons (Fsp3) is 0.0588. The molecule has 0 unspecified atom stereocenters. The van der Waals surface area contributed by atoms with Crippen molar-refractivity contribution < 1.29 is 9.84 Å². The fourth-order valence-corrected chi connectivity index (χ4v) is 2.22. The number of hydrogen-bond donors (Lipinski definition) is 2. The van der Waals surface area contributed by atoms with Crippen LogP contribution in [0.4, 0.5) is 0 Å². The van der Waals surface area contributed by atoms with Gasteiger partial charge in [0.05, 0.1) is 18.5 Å². The first-order valence-corrected chi connectivity index (χ1v) is 6.71. The normalized spacial score (nSPS) is 10.4. The summed E-state index contributed by atoms with van der Waals surface area (Å²) in [6.45, 7) is 0. The zero-order valence-corrected chi connectivity index (χ0v) is 11.9. The first-order valence-electron chi connectivity index (χ1n) is 6.71. The summed E-state index contributed by atoms with van der Waals surface area (Å²) in [4.78, 5) is 18.5. The van der Waals surface area contributed by atoms with E-state index < -0.39 is 5.69 Å². The number of aromatic nitrogens is 2. The SMILES string of the molecule is COc1cc(-c2cc(-c3ccccc3)nc(=O)[nH]2)ccc1O. The highest BCUT2D eigenvalue weighted by molar-refractivity contribution is 5.69. The molecule has 5 heteroatoms. The van der Waals surface area contributed by atoms with E-state index in [0.29, 0.717) is 17.1 Å². The van der Waals surface area contributed by atoms with E-state index in [1.807, 2.05) is 30.3 Å². The minimum absolute atomic E-state index is 0.0472. The lowest BCUT2D eigenvalue weighted by Gasteiger charge is -2.08. The summed E-state index contributed by atoms with van der Waals surface area (Å²) in [6, 6.07) is 16.2. The molecule has 0 aliphatic heterocycles. The van der Waals surface area contributed by atoms with Crippen LogP contribution in [0.1, 0.15) is 0 Å². The van der Waals surface area contributed by atoms with E-state index in [1.54, 1.807) is 18.2 Å². The Bertz CT molecular complexity index is 857. The second-order valence-electron chi connectivity index (χ2n) is 4.74. The van der Waals surface area contributed by atoms with Gasteiger partial charge in [0.2, 0.25) is 0 Å². The van der Waals surface area contributed by atoms with Crippen molar-refractivity contribution in [2.75, 3.05) is 7.11 Å². The molecule has 110 valence electrons. The first-order chi connectivity index (χ1) is 10.7. The second kappa shape index (κ2) is 5.73. The number of phenols is 1. The number of hydrogen-bond acceptors (Lipinski definition) is 4. The van der Waals surface area contributed by atoms with Gasteiger partial charge in [0, 0.05) is 11.1 Å². The van der Waals surface area contributed by atoms with Gasteiger partial charge in [-0.15, -0.1) is 0 Å². The number of nitrogens with zero attached hydrogens (tertiary/aromatic N) is 1.